The van der Waals surface area contributed by atoms with Crippen molar-refractivity contribution in [3.05, 3.63) is 26.9 Å². The van der Waals surface area contributed by atoms with E-state index < -0.39 is 36.0 Å². The molecule has 2 heterocycles. The fraction of sp³-hybridized carbons (Fsp3) is 0.615. The van der Waals surface area contributed by atoms with Gasteiger partial charge in [-0.3, -0.25) is 19.1 Å². The van der Waals surface area contributed by atoms with Gasteiger partial charge in [0.15, 0.2) is 0 Å². The highest BCUT2D eigenvalue weighted by atomic mass is 19.3. The van der Waals surface area contributed by atoms with Crippen LogP contribution in [0.1, 0.15) is 12.8 Å². The molecule has 122 valence electrons. The number of rotatable bonds is 4. The van der Waals surface area contributed by atoms with Gasteiger partial charge in [-0.15, -0.1) is 0 Å². The normalized spacial score (nSPS) is 18.5. The van der Waals surface area contributed by atoms with Gasteiger partial charge in [0.1, 0.15) is 5.82 Å². The van der Waals surface area contributed by atoms with Crippen LogP contribution >= 0.6 is 0 Å². The predicted octanol–water partition coefficient (Wildman–Crippen LogP) is -0.329. The molecule has 1 amide bonds. The van der Waals surface area contributed by atoms with Crippen molar-refractivity contribution in [2.75, 3.05) is 24.5 Å². The number of piperidine rings is 1. The summed E-state index contributed by atoms with van der Waals surface area (Å²) in [6, 6.07) is 1.29. The zero-order valence-electron chi connectivity index (χ0n) is 12.1. The minimum Gasteiger partial charge on any atom is -0.357 e. The van der Waals surface area contributed by atoms with Gasteiger partial charge < -0.3 is 10.2 Å². The van der Waals surface area contributed by atoms with Crippen LogP contribution in [-0.2, 0) is 11.8 Å². The quantitative estimate of drug-likeness (QED) is 0.796. The monoisotopic (exact) mass is 316 g/mol. The fourth-order valence-corrected chi connectivity index (χ4v) is 2.45. The van der Waals surface area contributed by atoms with E-state index in [-0.39, 0.29) is 6.54 Å². The molecule has 0 bridgehead atoms. The predicted molar refractivity (Wildman–Crippen MR) is 76.3 cm³/mol. The summed E-state index contributed by atoms with van der Waals surface area (Å²) in [6.45, 7) is 0.192. The molecule has 1 saturated heterocycles. The topological polar surface area (TPSA) is 87.2 Å². The van der Waals surface area contributed by atoms with Crippen molar-refractivity contribution in [2.24, 2.45) is 13.0 Å². The lowest BCUT2D eigenvalue weighted by molar-refractivity contribution is -0.125. The molecule has 1 atom stereocenters. The average molecular weight is 316 g/mol. The third-order valence-electron chi connectivity index (χ3n) is 3.69. The molecule has 0 saturated carbocycles. The smallest absolute Gasteiger partial charge is 0.329 e. The van der Waals surface area contributed by atoms with Gasteiger partial charge in [-0.25, -0.2) is 13.6 Å². The van der Waals surface area contributed by atoms with Crippen molar-refractivity contribution in [1.82, 2.24) is 14.9 Å². The van der Waals surface area contributed by atoms with E-state index in [2.05, 4.69) is 10.3 Å². The van der Waals surface area contributed by atoms with Gasteiger partial charge >= 0.3 is 5.69 Å². The molecule has 0 radical (unpaired) electrons. The van der Waals surface area contributed by atoms with Gasteiger partial charge in [0.05, 0.1) is 12.5 Å². The molecular weight excluding hydrogens is 298 g/mol. The van der Waals surface area contributed by atoms with Gasteiger partial charge in [-0.1, -0.05) is 0 Å². The second-order valence-corrected chi connectivity index (χ2v) is 5.28. The minimum absolute atomic E-state index is 0.276. The number of anilines is 1. The first-order chi connectivity index (χ1) is 10.4. The number of hydrogen-bond donors (Lipinski definition) is 2. The number of H-pyrrole nitrogens is 1. The zero-order valence-corrected chi connectivity index (χ0v) is 12.1. The average Bonchev–Trinajstić information content (AvgIpc) is 2.49. The molecule has 1 aliphatic heterocycles. The summed E-state index contributed by atoms with van der Waals surface area (Å²) in [4.78, 5) is 39.4. The lowest BCUT2D eigenvalue weighted by Crippen LogP contribution is -2.45. The molecule has 1 unspecified atom stereocenters. The van der Waals surface area contributed by atoms with Crippen LogP contribution in [0.4, 0.5) is 14.6 Å². The van der Waals surface area contributed by atoms with Crippen LogP contribution < -0.4 is 21.5 Å². The number of nitrogens with one attached hydrogen (secondary N) is 2. The Labute approximate surface area is 124 Å². The Morgan fingerprint density at radius 3 is 2.86 bits per heavy atom. The van der Waals surface area contributed by atoms with Crippen LogP contribution in [0.5, 0.6) is 0 Å². The third-order valence-corrected chi connectivity index (χ3v) is 3.69. The number of aromatic amines is 1. The highest BCUT2D eigenvalue weighted by Gasteiger charge is 2.27. The van der Waals surface area contributed by atoms with E-state index in [0.717, 1.165) is 4.57 Å². The summed E-state index contributed by atoms with van der Waals surface area (Å²) in [5, 5.41) is 2.20. The van der Waals surface area contributed by atoms with E-state index in [1.165, 1.54) is 13.1 Å². The zero-order chi connectivity index (χ0) is 16.3. The van der Waals surface area contributed by atoms with Gasteiger partial charge in [-0.2, -0.15) is 0 Å². The lowest BCUT2D eigenvalue weighted by atomic mass is 9.97. The minimum atomic E-state index is -2.59. The molecule has 9 heteroatoms. The first-order valence-electron chi connectivity index (χ1n) is 6.99. The second-order valence-electron chi connectivity index (χ2n) is 5.28. The summed E-state index contributed by atoms with van der Waals surface area (Å²) in [6.07, 6.45) is -1.33. The highest BCUT2D eigenvalue weighted by molar-refractivity contribution is 5.79. The van der Waals surface area contributed by atoms with Crippen LogP contribution in [0.15, 0.2) is 15.7 Å². The Bertz CT molecular complexity index is 624. The van der Waals surface area contributed by atoms with Gasteiger partial charge in [0, 0.05) is 26.2 Å². The summed E-state index contributed by atoms with van der Waals surface area (Å²) >= 11 is 0. The number of carbonyl (C=O) groups excluding carboxylic acids is 1. The number of aromatic nitrogens is 2. The summed E-state index contributed by atoms with van der Waals surface area (Å²) in [5.41, 5.74) is -0.977. The standard InChI is InChI=1S/C13H18F2N4O3/c1-18-11(20)5-10(17-13(18)22)19-4-2-3-8(7-19)12(21)16-6-9(14)15/h5,8-9H,2-4,6-7H2,1H3,(H,16,21)(H,17,22). The van der Waals surface area contributed by atoms with Gasteiger partial charge in [-0.05, 0) is 12.8 Å². The Kier molecular flexibility index (Phi) is 4.94. The van der Waals surface area contributed by atoms with E-state index in [9.17, 15) is 23.2 Å². The SMILES string of the molecule is Cn1c(=O)cc(N2CCCC(C(=O)NCC(F)F)C2)[nH]c1=O. The summed E-state index contributed by atoms with van der Waals surface area (Å²) < 4.78 is 25.2. The highest BCUT2D eigenvalue weighted by Crippen LogP contribution is 2.20. The molecule has 22 heavy (non-hydrogen) atoms. The van der Waals surface area contributed by atoms with Crippen LogP contribution in [0.3, 0.4) is 0 Å². The number of carbonyl (C=O) groups is 1. The first kappa shape index (κ1) is 16.2. The molecule has 1 aliphatic rings. The molecule has 1 aromatic rings. The fourth-order valence-electron chi connectivity index (χ4n) is 2.45. The largest absolute Gasteiger partial charge is 0.357 e. The third kappa shape index (κ3) is 3.71. The Balaban J connectivity index is 2.09. The molecule has 1 fully saturated rings. The summed E-state index contributed by atoms with van der Waals surface area (Å²) in [7, 11) is 1.36. The molecule has 0 aliphatic carbocycles. The Morgan fingerprint density at radius 1 is 1.50 bits per heavy atom. The molecular formula is C13H18F2N4O3. The van der Waals surface area contributed by atoms with E-state index in [0.29, 0.717) is 25.2 Å². The molecule has 7 nitrogen and oxygen atoms in total. The van der Waals surface area contributed by atoms with Crippen molar-refractivity contribution in [3.8, 4) is 0 Å². The summed E-state index contributed by atoms with van der Waals surface area (Å²) in [5.74, 6) is -0.532. The van der Waals surface area contributed by atoms with E-state index in [4.69, 9.17) is 0 Å². The van der Waals surface area contributed by atoms with Crippen molar-refractivity contribution in [3.63, 3.8) is 0 Å². The number of alkyl halides is 2. The molecule has 0 aromatic carbocycles. The van der Waals surface area contributed by atoms with Crippen LogP contribution in [0.2, 0.25) is 0 Å². The van der Waals surface area contributed by atoms with Crippen molar-refractivity contribution in [2.45, 2.75) is 19.3 Å². The lowest BCUT2D eigenvalue weighted by Gasteiger charge is -2.33. The van der Waals surface area contributed by atoms with Gasteiger partial charge in [0.25, 0.3) is 12.0 Å². The van der Waals surface area contributed by atoms with Crippen molar-refractivity contribution in [1.29, 1.82) is 0 Å². The maximum atomic E-state index is 12.1. The Hall–Kier alpha value is -2.19. The molecule has 2 N–H and O–H groups in total. The number of nitrogens with zero attached hydrogens (tertiary/aromatic N) is 2. The van der Waals surface area contributed by atoms with E-state index >= 15 is 0 Å². The molecule has 1 aromatic heterocycles. The molecule has 2 rings (SSSR count). The van der Waals surface area contributed by atoms with Crippen LogP contribution in [0.25, 0.3) is 0 Å². The van der Waals surface area contributed by atoms with Crippen LogP contribution in [-0.4, -0.2) is 41.5 Å². The van der Waals surface area contributed by atoms with Crippen molar-refractivity contribution < 1.29 is 13.6 Å². The molecule has 0 spiro atoms. The van der Waals surface area contributed by atoms with Crippen molar-refractivity contribution >= 4 is 11.7 Å². The van der Waals surface area contributed by atoms with E-state index in [1.807, 2.05) is 0 Å². The Morgan fingerprint density at radius 2 is 2.23 bits per heavy atom. The second kappa shape index (κ2) is 6.71. The number of hydrogen-bond acceptors (Lipinski definition) is 4. The maximum absolute atomic E-state index is 12.1. The van der Waals surface area contributed by atoms with Gasteiger partial charge in [0.2, 0.25) is 5.91 Å². The van der Waals surface area contributed by atoms with E-state index in [1.54, 1.807) is 4.90 Å². The first-order valence-corrected chi connectivity index (χ1v) is 6.99. The maximum Gasteiger partial charge on any atom is 0.329 e. The van der Waals surface area contributed by atoms with Crippen LogP contribution in [0, 0.1) is 5.92 Å². The number of amides is 1. The number of halogens is 2.